The van der Waals surface area contributed by atoms with Gasteiger partial charge in [-0.3, -0.25) is 4.79 Å². The van der Waals surface area contributed by atoms with Crippen molar-refractivity contribution in [1.82, 2.24) is 5.32 Å². The van der Waals surface area contributed by atoms with Crippen molar-refractivity contribution in [2.45, 2.75) is 20.1 Å². The molecule has 0 unspecified atom stereocenters. The predicted molar refractivity (Wildman–Crippen MR) is 110 cm³/mol. The van der Waals surface area contributed by atoms with Gasteiger partial charge in [-0.15, -0.1) is 0 Å². The number of hydrogen-bond acceptors (Lipinski definition) is 2. The summed E-state index contributed by atoms with van der Waals surface area (Å²) in [6.45, 7) is 2.74. The maximum Gasteiger partial charge on any atom is 0.255 e. The molecule has 0 saturated heterocycles. The Labute approximate surface area is 168 Å². The first kappa shape index (κ1) is 19.3. The third kappa shape index (κ3) is 5.25. The number of para-hydroxylation sites is 1. The molecule has 0 fully saturated rings. The Hall–Kier alpha value is -2.49. The second-order valence-corrected chi connectivity index (χ2v) is 7.04. The van der Waals surface area contributed by atoms with Crippen LogP contribution < -0.4 is 10.1 Å². The fourth-order valence-corrected chi connectivity index (χ4v) is 3.15. The first-order chi connectivity index (χ1) is 13.0. The summed E-state index contributed by atoms with van der Waals surface area (Å²) in [5.74, 6) is 0.319. The topological polar surface area (TPSA) is 38.3 Å². The lowest BCUT2D eigenvalue weighted by atomic mass is 10.1. The largest absolute Gasteiger partial charge is 0.488 e. The van der Waals surface area contributed by atoms with Gasteiger partial charge in [0.05, 0.1) is 5.56 Å². The Kier molecular flexibility index (Phi) is 6.38. The molecule has 0 spiro atoms. The third-order valence-corrected chi connectivity index (χ3v) is 4.65. The second kappa shape index (κ2) is 8.94. The van der Waals surface area contributed by atoms with Gasteiger partial charge in [0.2, 0.25) is 0 Å². The minimum absolute atomic E-state index is 0.221. The average molecular weight is 400 g/mol. The summed E-state index contributed by atoms with van der Waals surface area (Å²) in [4.78, 5) is 12.6. The molecule has 0 heterocycles. The van der Waals surface area contributed by atoms with Crippen molar-refractivity contribution in [2.24, 2.45) is 0 Å². The number of amides is 1. The summed E-state index contributed by atoms with van der Waals surface area (Å²) in [5.41, 5.74) is 3.50. The quantitative estimate of drug-likeness (QED) is 0.567. The van der Waals surface area contributed by atoms with Crippen molar-refractivity contribution in [3.8, 4) is 5.75 Å². The Morgan fingerprint density at radius 2 is 1.81 bits per heavy atom. The van der Waals surface area contributed by atoms with E-state index in [0.29, 0.717) is 34.5 Å². The maximum atomic E-state index is 12.6. The van der Waals surface area contributed by atoms with Crippen LogP contribution in [0, 0.1) is 6.92 Å². The SMILES string of the molecule is Cc1cccc(COc2ccccc2C(=O)NCc2ccc(Cl)cc2Cl)c1. The number of hydrogen-bond donors (Lipinski definition) is 1. The molecule has 0 bridgehead atoms. The fourth-order valence-electron chi connectivity index (χ4n) is 2.68. The van der Waals surface area contributed by atoms with Crippen LogP contribution in [0.25, 0.3) is 0 Å². The van der Waals surface area contributed by atoms with Crippen molar-refractivity contribution in [3.05, 3.63) is 99.0 Å². The van der Waals surface area contributed by atoms with E-state index in [2.05, 4.69) is 11.4 Å². The summed E-state index contributed by atoms with van der Waals surface area (Å²) in [6.07, 6.45) is 0. The first-order valence-electron chi connectivity index (χ1n) is 8.52. The Bertz CT molecular complexity index is 957. The highest BCUT2D eigenvalue weighted by Gasteiger charge is 2.13. The summed E-state index contributed by atoms with van der Waals surface area (Å²) in [6, 6.07) is 20.5. The molecule has 0 saturated carbocycles. The molecule has 1 amide bonds. The molecule has 3 nitrogen and oxygen atoms in total. The third-order valence-electron chi connectivity index (χ3n) is 4.06. The van der Waals surface area contributed by atoms with Crippen molar-refractivity contribution >= 4 is 29.1 Å². The van der Waals surface area contributed by atoms with Crippen LogP contribution in [0.15, 0.2) is 66.7 Å². The zero-order valence-corrected chi connectivity index (χ0v) is 16.3. The number of ether oxygens (including phenoxy) is 1. The fraction of sp³-hybridized carbons (Fsp3) is 0.136. The normalized spacial score (nSPS) is 10.5. The van der Waals surface area contributed by atoms with Crippen molar-refractivity contribution in [2.75, 3.05) is 0 Å². The molecule has 3 aromatic carbocycles. The average Bonchev–Trinajstić information content (AvgIpc) is 2.66. The monoisotopic (exact) mass is 399 g/mol. The van der Waals surface area contributed by atoms with E-state index in [4.69, 9.17) is 27.9 Å². The van der Waals surface area contributed by atoms with Gasteiger partial charge in [-0.1, -0.05) is 71.2 Å². The van der Waals surface area contributed by atoms with Gasteiger partial charge in [-0.25, -0.2) is 0 Å². The zero-order chi connectivity index (χ0) is 19.2. The van der Waals surface area contributed by atoms with Gasteiger partial charge in [0.25, 0.3) is 5.91 Å². The minimum Gasteiger partial charge on any atom is -0.488 e. The van der Waals surface area contributed by atoms with E-state index >= 15 is 0 Å². The second-order valence-electron chi connectivity index (χ2n) is 6.19. The van der Waals surface area contributed by atoms with Crippen LogP contribution in [0.4, 0.5) is 0 Å². The van der Waals surface area contributed by atoms with Crippen LogP contribution in [0.5, 0.6) is 5.75 Å². The highest BCUT2D eigenvalue weighted by Crippen LogP contribution is 2.22. The van der Waals surface area contributed by atoms with Gasteiger partial charge in [0, 0.05) is 16.6 Å². The van der Waals surface area contributed by atoms with Crippen LogP contribution in [0.1, 0.15) is 27.0 Å². The first-order valence-corrected chi connectivity index (χ1v) is 9.28. The molecule has 27 heavy (non-hydrogen) atoms. The van der Waals surface area contributed by atoms with Gasteiger partial charge in [-0.05, 0) is 42.3 Å². The van der Waals surface area contributed by atoms with Crippen molar-refractivity contribution < 1.29 is 9.53 Å². The van der Waals surface area contributed by atoms with Gasteiger partial charge in [0.1, 0.15) is 12.4 Å². The van der Waals surface area contributed by atoms with Crippen molar-refractivity contribution in [3.63, 3.8) is 0 Å². The highest BCUT2D eigenvalue weighted by molar-refractivity contribution is 6.35. The van der Waals surface area contributed by atoms with Gasteiger partial charge in [-0.2, -0.15) is 0 Å². The molecular weight excluding hydrogens is 381 g/mol. The van der Waals surface area contributed by atoms with Gasteiger partial charge in [0.15, 0.2) is 0 Å². The molecular formula is C22H19Cl2NO2. The smallest absolute Gasteiger partial charge is 0.255 e. The van der Waals surface area contributed by atoms with Crippen LogP contribution in [0.3, 0.4) is 0 Å². The Balaban J connectivity index is 1.68. The summed E-state index contributed by atoms with van der Waals surface area (Å²) in [5, 5.41) is 3.96. The molecule has 138 valence electrons. The molecule has 0 aliphatic rings. The molecule has 0 atom stereocenters. The minimum atomic E-state index is -0.221. The van der Waals surface area contributed by atoms with E-state index < -0.39 is 0 Å². The van der Waals surface area contributed by atoms with E-state index in [0.717, 1.165) is 11.1 Å². The maximum absolute atomic E-state index is 12.6. The Morgan fingerprint density at radius 1 is 1.00 bits per heavy atom. The molecule has 0 aliphatic heterocycles. The lowest BCUT2D eigenvalue weighted by Gasteiger charge is -2.12. The summed E-state index contributed by atoms with van der Waals surface area (Å²) < 4.78 is 5.89. The molecule has 1 N–H and O–H groups in total. The number of aryl methyl sites for hydroxylation is 1. The summed E-state index contributed by atoms with van der Waals surface area (Å²) in [7, 11) is 0. The van der Waals surface area contributed by atoms with E-state index in [1.807, 2.05) is 37.3 Å². The van der Waals surface area contributed by atoms with E-state index in [-0.39, 0.29) is 5.91 Å². The van der Waals surface area contributed by atoms with E-state index in [1.54, 1.807) is 30.3 Å². The molecule has 0 aliphatic carbocycles. The molecule has 3 aromatic rings. The number of nitrogens with one attached hydrogen (secondary N) is 1. The zero-order valence-electron chi connectivity index (χ0n) is 14.8. The van der Waals surface area contributed by atoms with E-state index in [1.165, 1.54) is 5.56 Å². The van der Waals surface area contributed by atoms with E-state index in [9.17, 15) is 4.79 Å². The highest BCUT2D eigenvalue weighted by atomic mass is 35.5. The standard InChI is InChI=1S/C22H19Cl2NO2/c1-15-5-4-6-16(11-15)14-27-21-8-3-2-7-19(21)22(26)25-13-17-9-10-18(23)12-20(17)24/h2-12H,13-14H2,1H3,(H,25,26). The lowest BCUT2D eigenvalue weighted by molar-refractivity contribution is 0.0946. The summed E-state index contributed by atoms with van der Waals surface area (Å²) >= 11 is 12.1. The molecule has 0 aromatic heterocycles. The van der Waals surface area contributed by atoms with Crippen LogP contribution in [-0.2, 0) is 13.2 Å². The van der Waals surface area contributed by atoms with Crippen LogP contribution in [-0.4, -0.2) is 5.91 Å². The molecule has 5 heteroatoms. The molecule has 3 rings (SSSR count). The van der Waals surface area contributed by atoms with Gasteiger partial charge >= 0.3 is 0 Å². The Morgan fingerprint density at radius 3 is 2.59 bits per heavy atom. The number of rotatable bonds is 6. The predicted octanol–water partition coefficient (Wildman–Crippen LogP) is 5.81. The number of carbonyl (C=O) groups is 1. The number of benzene rings is 3. The van der Waals surface area contributed by atoms with Crippen molar-refractivity contribution in [1.29, 1.82) is 0 Å². The lowest BCUT2D eigenvalue weighted by Crippen LogP contribution is -2.23. The number of carbonyl (C=O) groups excluding carboxylic acids is 1. The van der Waals surface area contributed by atoms with Crippen LogP contribution >= 0.6 is 23.2 Å². The number of halogens is 2. The van der Waals surface area contributed by atoms with Crippen LogP contribution in [0.2, 0.25) is 10.0 Å². The molecule has 0 radical (unpaired) electrons. The van der Waals surface area contributed by atoms with Gasteiger partial charge < -0.3 is 10.1 Å².